The number of aryl methyl sites for hydroxylation is 1. The third-order valence-corrected chi connectivity index (χ3v) is 9.69. The summed E-state index contributed by atoms with van der Waals surface area (Å²) < 4.78 is 34.9. The molecule has 0 bridgehead atoms. The lowest BCUT2D eigenvalue weighted by atomic mass is 10.0. The molecular weight excluding hydrogens is 610 g/mol. The van der Waals surface area contributed by atoms with Crippen LogP contribution in [0.15, 0.2) is 102 Å². The fourth-order valence-corrected chi connectivity index (χ4v) is 6.67. The van der Waals surface area contributed by atoms with E-state index in [9.17, 15) is 18.0 Å². The second-order valence-electron chi connectivity index (χ2n) is 10.7. The van der Waals surface area contributed by atoms with E-state index in [1.165, 1.54) is 17.0 Å². The molecule has 0 aliphatic heterocycles. The zero-order chi connectivity index (χ0) is 32.6. The maximum Gasteiger partial charge on any atom is 0.264 e. The maximum atomic E-state index is 14.5. The number of nitrogens with zero attached hydrogens (tertiary/aromatic N) is 2. The summed E-state index contributed by atoms with van der Waals surface area (Å²) in [5.41, 5.74) is 3.25. The first-order valence-electron chi connectivity index (χ1n) is 14.6. The number of likely N-dealkylation sites (N-methyl/N-ethyl adjacent to an activating group) is 1. The summed E-state index contributed by atoms with van der Waals surface area (Å²) in [7, 11) is -2.68. The van der Waals surface area contributed by atoms with E-state index in [1.807, 2.05) is 50.2 Å². The summed E-state index contributed by atoms with van der Waals surface area (Å²) in [4.78, 5) is 29.6. The van der Waals surface area contributed by atoms with E-state index in [1.54, 1.807) is 62.6 Å². The molecule has 0 fully saturated rings. The van der Waals surface area contributed by atoms with Crippen LogP contribution in [0.25, 0.3) is 0 Å². The van der Waals surface area contributed by atoms with Crippen LogP contribution in [0, 0.1) is 13.8 Å². The largest absolute Gasteiger partial charge is 0.497 e. The number of hydrogen-bond donors (Lipinski definition) is 1. The molecule has 1 atom stereocenters. The number of carbonyl (C=O) groups excluding carboxylic acids is 2. The molecule has 45 heavy (non-hydrogen) atoms. The van der Waals surface area contributed by atoms with Crippen LogP contribution in [0.2, 0.25) is 5.02 Å². The molecule has 4 rings (SSSR count). The van der Waals surface area contributed by atoms with E-state index in [2.05, 4.69) is 5.32 Å². The Kier molecular flexibility index (Phi) is 11.3. The highest BCUT2D eigenvalue weighted by Gasteiger charge is 2.35. The third-order valence-electron chi connectivity index (χ3n) is 7.50. The van der Waals surface area contributed by atoms with Crippen LogP contribution in [0.5, 0.6) is 5.75 Å². The lowest BCUT2D eigenvalue weighted by Crippen LogP contribution is -2.53. The molecule has 10 heteroatoms. The number of ether oxygens (including phenoxy) is 1. The van der Waals surface area contributed by atoms with E-state index in [-0.39, 0.29) is 29.5 Å². The van der Waals surface area contributed by atoms with E-state index in [0.717, 1.165) is 21.0 Å². The van der Waals surface area contributed by atoms with Crippen molar-refractivity contribution in [2.75, 3.05) is 24.5 Å². The number of halogens is 1. The fraction of sp³-hybridized carbons (Fsp3) is 0.257. The highest BCUT2D eigenvalue weighted by molar-refractivity contribution is 7.92. The molecule has 4 aromatic rings. The van der Waals surface area contributed by atoms with Crippen molar-refractivity contribution in [1.29, 1.82) is 0 Å². The number of amides is 2. The van der Waals surface area contributed by atoms with Gasteiger partial charge >= 0.3 is 0 Å². The highest BCUT2D eigenvalue weighted by Crippen LogP contribution is 2.31. The van der Waals surface area contributed by atoms with Gasteiger partial charge in [0.15, 0.2) is 0 Å². The molecule has 0 aromatic heterocycles. The number of carbonyl (C=O) groups is 2. The van der Waals surface area contributed by atoms with Crippen molar-refractivity contribution in [1.82, 2.24) is 10.2 Å². The molecule has 0 heterocycles. The first-order chi connectivity index (χ1) is 21.5. The normalized spacial score (nSPS) is 11.8. The second kappa shape index (κ2) is 15.1. The molecule has 0 saturated carbocycles. The van der Waals surface area contributed by atoms with Crippen LogP contribution in [0.4, 0.5) is 5.69 Å². The first-order valence-corrected chi connectivity index (χ1v) is 16.5. The van der Waals surface area contributed by atoms with E-state index >= 15 is 0 Å². The van der Waals surface area contributed by atoms with Gasteiger partial charge in [-0.25, -0.2) is 8.42 Å². The molecule has 0 spiro atoms. The monoisotopic (exact) mass is 647 g/mol. The van der Waals surface area contributed by atoms with Crippen LogP contribution in [-0.4, -0.2) is 51.4 Å². The molecule has 0 unspecified atom stereocenters. The Hall–Kier alpha value is -4.34. The van der Waals surface area contributed by atoms with Gasteiger partial charge < -0.3 is 15.0 Å². The zero-order valence-electron chi connectivity index (χ0n) is 25.9. The molecular formula is C35H38ClN3O5S. The molecule has 0 aliphatic carbocycles. The molecule has 0 aliphatic rings. The molecule has 1 N–H and O–H groups in total. The van der Waals surface area contributed by atoms with Crippen LogP contribution in [0.1, 0.15) is 29.2 Å². The Labute approximate surface area is 270 Å². The van der Waals surface area contributed by atoms with Crippen LogP contribution >= 0.6 is 11.6 Å². The zero-order valence-corrected chi connectivity index (χ0v) is 27.4. The number of anilines is 1. The van der Waals surface area contributed by atoms with Gasteiger partial charge in [-0.2, -0.15) is 0 Å². The van der Waals surface area contributed by atoms with Gasteiger partial charge in [0.05, 0.1) is 17.7 Å². The predicted octanol–water partition coefficient (Wildman–Crippen LogP) is 5.94. The summed E-state index contributed by atoms with van der Waals surface area (Å²) in [6, 6.07) is 27.1. The second-order valence-corrected chi connectivity index (χ2v) is 13.0. The highest BCUT2D eigenvalue weighted by atomic mass is 35.5. The molecule has 2 amide bonds. The van der Waals surface area contributed by atoms with Crippen molar-refractivity contribution in [3.8, 4) is 5.75 Å². The average Bonchev–Trinajstić information content (AvgIpc) is 3.03. The summed E-state index contributed by atoms with van der Waals surface area (Å²) >= 11 is 6.45. The van der Waals surface area contributed by atoms with Crippen molar-refractivity contribution >= 4 is 39.1 Å². The van der Waals surface area contributed by atoms with E-state index in [4.69, 9.17) is 16.3 Å². The SMILES string of the molecule is CCNC(=O)[C@@H](Cc1ccccc1)N(Cc1cccc(OC)c1)C(=O)CN(c1cccc(Cl)c1C)S(=O)(=O)c1ccc(C)cc1. The summed E-state index contributed by atoms with van der Waals surface area (Å²) in [5.74, 6) is -0.305. The Bertz CT molecular complexity index is 1730. The number of nitrogens with one attached hydrogen (secondary N) is 1. The number of sulfonamides is 1. The minimum atomic E-state index is -4.23. The first kappa shape index (κ1) is 33.6. The Morgan fingerprint density at radius 3 is 2.22 bits per heavy atom. The van der Waals surface area contributed by atoms with Gasteiger partial charge in [-0.3, -0.25) is 13.9 Å². The molecule has 0 saturated heterocycles. The lowest BCUT2D eigenvalue weighted by molar-refractivity contribution is -0.140. The van der Waals surface area contributed by atoms with Crippen molar-refractivity contribution in [2.45, 2.75) is 44.7 Å². The minimum absolute atomic E-state index is 0.0317. The Morgan fingerprint density at radius 2 is 1.56 bits per heavy atom. The Balaban J connectivity index is 1.83. The average molecular weight is 648 g/mol. The van der Waals surface area contributed by atoms with Crippen molar-refractivity contribution < 1.29 is 22.7 Å². The van der Waals surface area contributed by atoms with Crippen molar-refractivity contribution in [2.24, 2.45) is 0 Å². The van der Waals surface area contributed by atoms with E-state index < -0.39 is 28.5 Å². The molecule has 4 aromatic carbocycles. The van der Waals surface area contributed by atoms with Crippen LogP contribution < -0.4 is 14.4 Å². The third kappa shape index (κ3) is 8.23. The number of rotatable bonds is 13. The van der Waals surface area contributed by atoms with Gasteiger partial charge in [0.2, 0.25) is 11.8 Å². The molecule has 0 radical (unpaired) electrons. The number of benzene rings is 4. The van der Waals surface area contributed by atoms with Gasteiger partial charge in [-0.05, 0) is 73.9 Å². The number of hydrogen-bond acceptors (Lipinski definition) is 5. The predicted molar refractivity (Wildman–Crippen MR) is 178 cm³/mol. The Morgan fingerprint density at radius 1 is 0.889 bits per heavy atom. The van der Waals surface area contributed by atoms with Crippen LogP contribution in [0.3, 0.4) is 0 Å². The lowest BCUT2D eigenvalue weighted by Gasteiger charge is -2.34. The minimum Gasteiger partial charge on any atom is -0.497 e. The summed E-state index contributed by atoms with van der Waals surface area (Å²) in [6.45, 7) is 5.22. The number of methoxy groups -OCH3 is 1. The van der Waals surface area contributed by atoms with Crippen LogP contribution in [-0.2, 0) is 32.6 Å². The van der Waals surface area contributed by atoms with Gasteiger partial charge in [0.1, 0.15) is 18.3 Å². The van der Waals surface area contributed by atoms with E-state index in [0.29, 0.717) is 22.9 Å². The van der Waals surface area contributed by atoms with Crippen molar-refractivity contribution in [3.05, 3.63) is 124 Å². The van der Waals surface area contributed by atoms with Gasteiger partial charge in [-0.1, -0.05) is 77.8 Å². The molecule has 236 valence electrons. The maximum absolute atomic E-state index is 14.5. The summed E-state index contributed by atoms with van der Waals surface area (Å²) in [5, 5.41) is 3.23. The van der Waals surface area contributed by atoms with Crippen molar-refractivity contribution in [3.63, 3.8) is 0 Å². The summed E-state index contributed by atoms with van der Waals surface area (Å²) in [6.07, 6.45) is 0.225. The topological polar surface area (TPSA) is 96.0 Å². The molecule has 8 nitrogen and oxygen atoms in total. The quantitative estimate of drug-likeness (QED) is 0.194. The van der Waals surface area contributed by atoms with Gasteiger partial charge in [0.25, 0.3) is 10.0 Å². The van der Waals surface area contributed by atoms with Gasteiger partial charge in [0, 0.05) is 24.5 Å². The van der Waals surface area contributed by atoms with Gasteiger partial charge in [-0.15, -0.1) is 0 Å². The smallest absolute Gasteiger partial charge is 0.264 e. The standard InChI is InChI=1S/C35H38ClN3O5S/c1-5-37-35(41)33(22-27-11-7-6-8-12-27)38(23-28-13-9-14-29(21-28)44-4)34(40)24-39(32-16-10-15-31(36)26(32)3)45(42,43)30-19-17-25(2)18-20-30/h6-21,33H,5,22-24H2,1-4H3,(H,37,41)/t33-/m1/s1. The fourth-order valence-electron chi connectivity index (χ4n) is 5.03.